The number of nitrogens with one attached hydrogen (secondary N) is 1. The molecule has 3 aliphatic rings. The van der Waals surface area contributed by atoms with Crippen molar-refractivity contribution in [3.8, 4) is 0 Å². The first kappa shape index (κ1) is 21.2. The van der Waals surface area contributed by atoms with Gasteiger partial charge in [-0.05, 0) is 55.4 Å². The fourth-order valence-electron chi connectivity index (χ4n) is 5.42. The number of benzene rings is 1. The molecule has 1 aliphatic heterocycles. The van der Waals surface area contributed by atoms with Crippen LogP contribution >= 0.6 is 12.4 Å². The molecule has 5 rings (SSSR count). The minimum Gasteiger partial charge on any atom is -0.378 e. The maximum atomic E-state index is 12.8. The molecule has 1 aromatic carbocycles. The highest BCUT2D eigenvalue weighted by Gasteiger charge is 2.49. The number of fused-ring (bicyclic) bond motifs is 3. The number of hydrogen-bond donors (Lipinski definition) is 2. The number of hydrogen-bond acceptors (Lipinski definition) is 4. The highest BCUT2D eigenvalue weighted by molar-refractivity contribution is 5.96. The summed E-state index contributed by atoms with van der Waals surface area (Å²) in [5.41, 5.74) is 8.09. The molecule has 2 bridgehead atoms. The molecule has 30 heavy (non-hydrogen) atoms. The van der Waals surface area contributed by atoms with Crippen LogP contribution in [0.4, 0.5) is 5.69 Å². The number of amides is 2. The molecule has 1 aromatic heterocycles. The standard InChI is InChI=1S/C22H28N4O3.ClH/c23-21-16-2-1-15(11-16)20(21)22(28)24-17-3-4-18-14(12-17)5-6-26(18)13-19(27)25-7-9-29-10-8-25;/h3-6,12,15-16,20-21H,1-2,7-11,13,23H2,(H,24,28);1H. The van der Waals surface area contributed by atoms with Crippen LogP contribution in [0.15, 0.2) is 30.5 Å². The Labute approximate surface area is 182 Å². The molecular weight excluding hydrogens is 404 g/mol. The van der Waals surface area contributed by atoms with Crippen molar-refractivity contribution in [1.29, 1.82) is 0 Å². The van der Waals surface area contributed by atoms with Gasteiger partial charge in [-0.2, -0.15) is 0 Å². The molecule has 3 N–H and O–H groups in total. The lowest BCUT2D eigenvalue weighted by Gasteiger charge is -2.27. The van der Waals surface area contributed by atoms with Gasteiger partial charge < -0.3 is 25.3 Å². The Balaban J connectivity index is 0.00000218. The van der Waals surface area contributed by atoms with Crippen LogP contribution in [-0.4, -0.2) is 53.6 Å². The first-order valence-corrected chi connectivity index (χ1v) is 10.6. The SMILES string of the molecule is Cl.NC1C2CCC(C2)C1C(=O)Nc1ccc2c(ccn2CC(=O)N2CCOCC2)c1. The van der Waals surface area contributed by atoms with Crippen molar-refractivity contribution in [3.05, 3.63) is 30.5 Å². The average Bonchev–Trinajstić information content (AvgIpc) is 3.43. The van der Waals surface area contributed by atoms with E-state index in [-0.39, 0.29) is 36.2 Å². The Morgan fingerprint density at radius 2 is 1.90 bits per heavy atom. The quantitative estimate of drug-likeness (QED) is 0.775. The van der Waals surface area contributed by atoms with Crippen molar-refractivity contribution < 1.29 is 14.3 Å². The summed E-state index contributed by atoms with van der Waals surface area (Å²) in [4.78, 5) is 27.2. The number of morpholine rings is 1. The summed E-state index contributed by atoms with van der Waals surface area (Å²) in [6, 6.07) is 7.83. The molecule has 0 radical (unpaired) electrons. The van der Waals surface area contributed by atoms with Crippen LogP contribution in [-0.2, 0) is 20.9 Å². The molecule has 0 spiro atoms. The van der Waals surface area contributed by atoms with E-state index in [9.17, 15) is 9.59 Å². The second kappa shape index (κ2) is 8.57. The second-order valence-corrected chi connectivity index (χ2v) is 8.64. The van der Waals surface area contributed by atoms with E-state index in [0.717, 1.165) is 35.9 Å². The molecule has 2 saturated carbocycles. The van der Waals surface area contributed by atoms with Crippen LogP contribution in [0.3, 0.4) is 0 Å². The molecule has 162 valence electrons. The summed E-state index contributed by atoms with van der Waals surface area (Å²) in [6.07, 6.45) is 5.31. The molecule has 2 aliphatic carbocycles. The smallest absolute Gasteiger partial charge is 0.242 e. The van der Waals surface area contributed by atoms with E-state index in [1.165, 1.54) is 0 Å². The summed E-state index contributed by atoms with van der Waals surface area (Å²) in [6.45, 7) is 2.83. The lowest BCUT2D eigenvalue weighted by atomic mass is 9.84. The molecule has 2 aromatic rings. The number of anilines is 1. The van der Waals surface area contributed by atoms with Crippen LogP contribution in [0.5, 0.6) is 0 Å². The van der Waals surface area contributed by atoms with Crippen molar-refractivity contribution in [3.63, 3.8) is 0 Å². The molecular formula is C22H29ClN4O3. The summed E-state index contributed by atoms with van der Waals surface area (Å²) in [5, 5.41) is 4.08. The maximum Gasteiger partial charge on any atom is 0.242 e. The van der Waals surface area contributed by atoms with Gasteiger partial charge in [-0.25, -0.2) is 0 Å². The highest BCUT2D eigenvalue weighted by Crippen LogP contribution is 2.47. The van der Waals surface area contributed by atoms with Crippen LogP contribution in [0.2, 0.25) is 0 Å². The van der Waals surface area contributed by atoms with Crippen molar-refractivity contribution in [2.75, 3.05) is 31.6 Å². The Bertz CT molecular complexity index is 938. The third-order valence-corrected chi connectivity index (χ3v) is 6.99. The lowest BCUT2D eigenvalue weighted by molar-refractivity contribution is -0.135. The van der Waals surface area contributed by atoms with Gasteiger partial charge >= 0.3 is 0 Å². The molecule has 1 saturated heterocycles. The van der Waals surface area contributed by atoms with Crippen molar-refractivity contribution in [2.24, 2.45) is 23.5 Å². The number of aromatic nitrogens is 1. The summed E-state index contributed by atoms with van der Waals surface area (Å²) in [5.74, 6) is 1.03. The summed E-state index contributed by atoms with van der Waals surface area (Å²) in [7, 11) is 0. The first-order chi connectivity index (χ1) is 14.1. The molecule has 4 unspecified atom stereocenters. The van der Waals surface area contributed by atoms with Gasteiger partial charge in [0.15, 0.2) is 0 Å². The van der Waals surface area contributed by atoms with E-state index in [1.54, 1.807) is 0 Å². The third-order valence-electron chi connectivity index (χ3n) is 6.99. The van der Waals surface area contributed by atoms with Crippen molar-refractivity contribution in [2.45, 2.75) is 31.8 Å². The number of nitrogens with zero attached hydrogens (tertiary/aromatic N) is 2. The summed E-state index contributed by atoms with van der Waals surface area (Å²) < 4.78 is 7.28. The average molecular weight is 433 g/mol. The summed E-state index contributed by atoms with van der Waals surface area (Å²) >= 11 is 0. The van der Waals surface area contributed by atoms with Gasteiger partial charge in [-0.1, -0.05) is 0 Å². The van der Waals surface area contributed by atoms with E-state index in [4.69, 9.17) is 10.5 Å². The molecule has 8 heteroatoms. The largest absolute Gasteiger partial charge is 0.378 e. The minimum absolute atomic E-state index is 0. The van der Waals surface area contributed by atoms with Gasteiger partial charge in [0.05, 0.1) is 19.1 Å². The Kier molecular flexibility index (Phi) is 6.04. The molecule has 2 amide bonds. The number of carbonyl (C=O) groups is 2. The van der Waals surface area contributed by atoms with Crippen LogP contribution in [0, 0.1) is 17.8 Å². The second-order valence-electron chi connectivity index (χ2n) is 8.64. The fraction of sp³-hybridized carbons (Fsp3) is 0.545. The number of halogens is 1. The van der Waals surface area contributed by atoms with Crippen LogP contribution in [0.25, 0.3) is 10.9 Å². The Morgan fingerprint density at radius 3 is 2.63 bits per heavy atom. The van der Waals surface area contributed by atoms with E-state index in [0.29, 0.717) is 44.7 Å². The lowest BCUT2D eigenvalue weighted by Crippen LogP contribution is -2.42. The predicted molar refractivity (Wildman–Crippen MR) is 118 cm³/mol. The normalized spacial score (nSPS) is 27.8. The van der Waals surface area contributed by atoms with Gasteiger partial charge in [0.2, 0.25) is 11.8 Å². The van der Waals surface area contributed by atoms with Crippen LogP contribution < -0.4 is 11.1 Å². The number of nitrogens with two attached hydrogens (primary N) is 1. The Morgan fingerprint density at radius 1 is 1.13 bits per heavy atom. The highest BCUT2D eigenvalue weighted by atomic mass is 35.5. The fourth-order valence-corrected chi connectivity index (χ4v) is 5.42. The zero-order valence-corrected chi connectivity index (χ0v) is 17.8. The Hall–Kier alpha value is -2.09. The molecule has 2 heterocycles. The first-order valence-electron chi connectivity index (χ1n) is 10.6. The molecule has 3 fully saturated rings. The number of ether oxygens (including phenoxy) is 1. The van der Waals surface area contributed by atoms with Gasteiger partial charge in [-0.3, -0.25) is 9.59 Å². The number of rotatable bonds is 4. The number of carbonyl (C=O) groups excluding carboxylic acids is 2. The zero-order valence-electron chi connectivity index (χ0n) is 17.0. The maximum absolute atomic E-state index is 12.8. The van der Waals surface area contributed by atoms with Gasteiger partial charge in [0.25, 0.3) is 0 Å². The van der Waals surface area contributed by atoms with Gasteiger partial charge in [0, 0.05) is 41.9 Å². The van der Waals surface area contributed by atoms with E-state index in [2.05, 4.69) is 5.32 Å². The monoisotopic (exact) mass is 432 g/mol. The predicted octanol–water partition coefficient (Wildman–Crippen LogP) is 2.23. The van der Waals surface area contributed by atoms with Crippen LogP contribution in [0.1, 0.15) is 19.3 Å². The topological polar surface area (TPSA) is 89.6 Å². The van der Waals surface area contributed by atoms with Crippen molar-refractivity contribution in [1.82, 2.24) is 9.47 Å². The van der Waals surface area contributed by atoms with E-state index < -0.39 is 0 Å². The van der Waals surface area contributed by atoms with E-state index >= 15 is 0 Å². The molecule has 4 atom stereocenters. The van der Waals surface area contributed by atoms with Gasteiger partial charge in [0.1, 0.15) is 6.54 Å². The van der Waals surface area contributed by atoms with E-state index in [1.807, 2.05) is 39.9 Å². The van der Waals surface area contributed by atoms with Gasteiger partial charge in [-0.15, -0.1) is 12.4 Å². The third kappa shape index (κ3) is 3.82. The zero-order chi connectivity index (χ0) is 20.0. The minimum atomic E-state index is -0.0693. The van der Waals surface area contributed by atoms with Crippen molar-refractivity contribution >= 4 is 40.8 Å². The molecule has 7 nitrogen and oxygen atoms in total.